The molecular formula is C10H13ClN4. The van der Waals surface area contributed by atoms with Gasteiger partial charge >= 0.3 is 0 Å². The SMILES string of the molecule is CNCc1cc2c(C)nn(C)c2nc1Cl. The lowest BCUT2D eigenvalue weighted by atomic mass is 10.2. The minimum atomic E-state index is 0.542. The number of nitrogens with zero attached hydrogens (tertiary/aromatic N) is 3. The van der Waals surface area contributed by atoms with E-state index >= 15 is 0 Å². The van der Waals surface area contributed by atoms with Gasteiger partial charge in [0.25, 0.3) is 0 Å². The Morgan fingerprint density at radius 1 is 1.53 bits per heavy atom. The zero-order chi connectivity index (χ0) is 11.0. The maximum Gasteiger partial charge on any atom is 0.159 e. The molecule has 0 aliphatic rings. The van der Waals surface area contributed by atoms with E-state index in [2.05, 4.69) is 15.4 Å². The molecule has 0 unspecified atom stereocenters. The van der Waals surface area contributed by atoms with Crippen LogP contribution in [0, 0.1) is 6.92 Å². The smallest absolute Gasteiger partial charge is 0.159 e. The van der Waals surface area contributed by atoms with Crippen LogP contribution in [0.3, 0.4) is 0 Å². The molecule has 80 valence electrons. The van der Waals surface area contributed by atoms with E-state index < -0.39 is 0 Å². The molecule has 0 amide bonds. The van der Waals surface area contributed by atoms with Crippen LogP contribution in [0.2, 0.25) is 5.15 Å². The summed E-state index contributed by atoms with van der Waals surface area (Å²) in [6.45, 7) is 2.69. The molecular weight excluding hydrogens is 212 g/mol. The van der Waals surface area contributed by atoms with E-state index in [-0.39, 0.29) is 0 Å². The fraction of sp³-hybridized carbons (Fsp3) is 0.400. The van der Waals surface area contributed by atoms with E-state index in [9.17, 15) is 0 Å². The van der Waals surface area contributed by atoms with Crippen LogP contribution < -0.4 is 5.32 Å². The lowest BCUT2D eigenvalue weighted by molar-refractivity contribution is 0.772. The van der Waals surface area contributed by atoms with Gasteiger partial charge in [-0.2, -0.15) is 5.10 Å². The maximum atomic E-state index is 6.07. The number of rotatable bonds is 2. The first-order valence-corrected chi connectivity index (χ1v) is 5.14. The number of nitrogens with one attached hydrogen (secondary N) is 1. The second-order valence-electron chi connectivity index (χ2n) is 3.55. The molecule has 4 nitrogen and oxygen atoms in total. The molecule has 5 heteroatoms. The van der Waals surface area contributed by atoms with Crippen LogP contribution in [0.5, 0.6) is 0 Å². The van der Waals surface area contributed by atoms with E-state index in [1.165, 1.54) is 0 Å². The Hall–Kier alpha value is -1.13. The van der Waals surface area contributed by atoms with Gasteiger partial charge in [0.1, 0.15) is 5.15 Å². The molecule has 0 spiro atoms. The van der Waals surface area contributed by atoms with Gasteiger partial charge in [0.2, 0.25) is 0 Å². The summed E-state index contributed by atoms with van der Waals surface area (Å²) in [5.41, 5.74) is 2.81. The molecule has 0 saturated carbocycles. The van der Waals surface area contributed by atoms with Crippen molar-refractivity contribution in [3.63, 3.8) is 0 Å². The summed E-state index contributed by atoms with van der Waals surface area (Å²) < 4.78 is 1.75. The lowest BCUT2D eigenvalue weighted by Gasteiger charge is -2.03. The summed E-state index contributed by atoms with van der Waals surface area (Å²) >= 11 is 6.07. The highest BCUT2D eigenvalue weighted by molar-refractivity contribution is 6.30. The van der Waals surface area contributed by atoms with Crippen molar-refractivity contribution in [3.05, 3.63) is 22.5 Å². The Labute approximate surface area is 93.3 Å². The molecule has 15 heavy (non-hydrogen) atoms. The highest BCUT2D eigenvalue weighted by Gasteiger charge is 2.10. The number of aromatic nitrogens is 3. The van der Waals surface area contributed by atoms with Gasteiger partial charge in [0.15, 0.2) is 5.65 Å². The fourth-order valence-electron chi connectivity index (χ4n) is 1.68. The molecule has 2 aromatic rings. The van der Waals surface area contributed by atoms with Gasteiger partial charge in [-0.25, -0.2) is 4.98 Å². The largest absolute Gasteiger partial charge is 0.316 e. The van der Waals surface area contributed by atoms with E-state index in [4.69, 9.17) is 11.6 Å². The molecule has 1 N–H and O–H groups in total. The third-order valence-corrected chi connectivity index (χ3v) is 2.72. The van der Waals surface area contributed by atoms with Crippen molar-refractivity contribution in [2.24, 2.45) is 7.05 Å². The lowest BCUT2D eigenvalue weighted by Crippen LogP contribution is -2.06. The Bertz CT molecular complexity index is 504. The molecule has 0 aliphatic heterocycles. The number of halogens is 1. The van der Waals surface area contributed by atoms with Crippen LogP contribution in [-0.2, 0) is 13.6 Å². The predicted molar refractivity (Wildman–Crippen MR) is 61.0 cm³/mol. The summed E-state index contributed by atoms with van der Waals surface area (Å²) in [4.78, 5) is 4.34. The van der Waals surface area contributed by atoms with Crippen molar-refractivity contribution < 1.29 is 0 Å². The summed E-state index contributed by atoms with van der Waals surface area (Å²) in [5.74, 6) is 0. The van der Waals surface area contributed by atoms with Gasteiger partial charge in [0, 0.05) is 24.5 Å². The van der Waals surface area contributed by atoms with Crippen molar-refractivity contribution in [2.45, 2.75) is 13.5 Å². The Kier molecular flexibility index (Phi) is 2.63. The quantitative estimate of drug-likeness (QED) is 0.789. The van der Waals surface area contributed by atoms with E-state index in [1.54, 1.807) is 4.68 Å². The Balaban J connectivity index is 2.68. The maximum absolute atomic E-state index is 6.07. The highest BCUT2D eigenvalue weighted by atomic mass is 35.5. The van der Waals surface area contributed by atoms with Crippen molar-refractivity contribution in [2.75, 3.05) is 7.05 Å². The van der Waals surface area contributed by atoms with Gasteiger partial charge < -0.3 is 5.32 Å². The fourth-order valence-corrected chi connectivity index (χ4v) is 1.88. The predicted octanol–water partition coefficient (Wildman–Crippen LogP) is 1.65. The summed E-state index contributed by atoms with van der Waals surface area (Å²) in [7, 11) is 3.76. The zero-order valence-corrected chi connectivity index (χ0v) is 9.76. The van der Waals surface area contributed by atoms with Crippen molar-refractivity contribution in [3.8, 4) is 0 Å². The van der Waals surface area contributed by atoms with Gasteiger partial charge in [-0.05, 0) is 20.0 Å². The number of pyridine rings is 1. The first kappa shape index (κ1) is 10.4. The second-order valence-corrected chi connectivity index (χ2v) is 3.91. The van der Waals surface area contributed by atoms with Gasteiger partial charge in [-0.1, -0.05) is 11.6 Å². The average molecular weight is 225 g/mol. The number of aryl methyl sites for hydroxylation is 2. The molecule has 0 bridgehead atoms. The highest BCUT2D eigenvalue weighted by Crippen LogP contribution is 2.22. The van der Waals surface area contributed by atoms with Crippen LogP contribution >= 0.6 is 11.6 Å². The molecule has 0 atom stereocenters. The number of fused-ring (bicyclic) bond motifs is 1. The molecule has 0 radical (unpaired) electrons. The minimum absolute atomic E-state index is 0.542. The second kappa shape index (κ2) is 3.79. The number of hydrogen-bond donors (Lipinski definition) is 1. The molecule has 2 aromatic heterocycles. The first-order valence-electron chi connectivity index (χ1n) is 4.77. The summed E-state index contributed by atoms with van der Waals surface area (Å²) in [6, 6.07) is 2.05. The molecule has 0 saturated heterocycles. The van der Waals surface area contributed by atoms with Crippen LogP contribution in [0.1, 0.15) is 11.3 Å². The van der Waals surface area contributed by atoms with E-state index in [0.29, 0.717) is 5.15 Å². The van der Waals surface area contributed by atoms with Crippen molar-refractivity contribution in [1.82, 2.24) is 20.1 Å². The standard InChI is InChI=1S/C10H13ClN4/c1-6-8-4-7(5-12-2)9(11)13-10(8)15(3)14-6/h4,12H,5H2,1-3H3. The monoisotopic (exact) mass is 224 g/mol. The van der Waals surface area contributed by atoms with Crippen molar-refractivity contribution in [1.29, 1.82) is 0 Å². The van der Waals surface area contributed by atoms with Crippen LogP contribution in [-0.4, -0.2) is 21.8 Å². The normalized spacial score (nSPS) is 11.2. The van der Waals surface area contributed by atoms with Gasteiger partial charge in [-0.3, -0.25) is 4.68 Å². The van der Waals surface area contributed by atoms with Crippen molar-refractivity contribution >= 4 is 22.6 Å². The van der Waals surface area contributed by atoms with Crippen LogP contribution in [0.25, 0.3) is 11.0 Å². The van der Waals surface area contributed by atoms with Gasteiger partial charge in [-0.15, -0.1) is 0 Å². The number of hydrogen-bond acceptors (Lipinski definition) is 3. The third-order valence-electron chi connectivity index (χ3n) is 2.39. The molecule has 2 heterocycles. The van der Waals surface area contributed by atoms with Gasteiger partial charge in [0.05, 0.1) is 5.69 Å². The Morgan fingerprint density at radius 3 is 2.93 bits per heavy atom. The Morgan fingerprint density at radius 2 is 2.27 bits per heavy atom. The van der Waals surface area contributed by atoms with Crippen LogP contribution in [0.15, 0.2) is 6.07 Å². The summed E-state index contributed by atoms with van der Waals surface area (Å²) in [5, 5.41) is 8.98. The average Bonchev–Trinajstić information content (AvgIpc) is 2.44. The van der Waals surface area contributed by atoms with E-state index in [0.717, 1.165) is 28.8 Å². The topological polar surface area (TPSA) is 42.7 Å². The first-order chi connectivity index (χ1) is 7.13. The molecule has 0 fully saturated rings. The molecule has 0 aliphatic carbocycles. The molecule has 2 rings (SSSR count). The zero-order valence-electron chi connectivity index (χ0n) is 9.00. The summed E-state index contributed by atoms with van der Waals surface area (Å²) in [6.07, 6.45) is 0. The molecule has 0 aromatic carbocycles. The van der Waals surface area contributed by atoms with E-state index in [1.807, 2.05) is 27.1 Å². The third kappa shape index (κ3) is 1.70. The van der Waals surface area contributed by atoms with Crippen LogP contribution in [0.4, 0.5) is 0 Å². The minimum Gasteiger partial charge on any atom is -0.316 e.